The molecule has 8 rings (SSSR count). The van der Waals surface area contributed by atoms with E-state index in [2.05, 4.69) is 65.7 Å². The lowest BCUT2D eigenvalue weighted by Crippen LogP contribution is -2.58. The molecule has 1 aliphatic carbocycles. The highest BCUT2D eigenvalue weighted by molar-refractivity contribution is 6.07. The number of aromatic nitrogens is 3. The van der Waals surface area contributed by atoms with Gasteiger partial charge in [-0.25, -0.2) is 4.98 Å². The second-order valence-electron chi connectivity index (χ2n) is 17.8. The lowest BCUT2D eigenvalue weighted by atomic mass is 9.83. The third-order valence-corrected chi connectivity index (χ3v) is 13.6. The number of aromatic amines is 1. The van der Waals surface area contributed by atoms with Crippen molar-refractivity contribution in [3.05, 3.63) is 84.8 Å². The predicted octanol–water partition coefficient (Wildman–Crippen LogP) is 6.42. The Morgan fingerprint density at radius 1 is 0.769 bits per heavy atom. The Labute approximate surface area is 383 Å². The van der Waals surface area contributed by atoms with Gasteiger partial charge in [-0.2, -0.15) is 0 Å². The molecule has 3 aromatic heterocycles. The van der Waals surface area contributed by atoms with Crippen LogP contribution >= 0.6 is 0 Å². The summed E-state index contributed by atoms with van der Waals surface area (Å²) in [5, 5.41) is 8.48. The summed E-state index contributed by atoms with van der Waals surface area (Å²) in [4.78, 5) is 44.0. The minimum absolute atomic E-state index is 0.0892. The first-order chi connectivity index (χ1) is 31.9. The van der Waals surface area contributed by atoms with Crippen molar-refractivity contribution in [3.8, 4) is 22.8 Å². The Bertz CT molecular complexity index is 2270. The quantitative estimate of drug-likeness (QED) is 0.0623. The molecule has 14 heteroatoms. The van der Waals surface area contributed by atoms with Crippen LogP contribution in [-0.2, 0) is 30.2 Å². The fourth-order valence-electron chi connectivity index (χ4n) is 9.69. The van der Waals surface area contributed by atoms with Gasteiger partial charge in [-0.3, -0.25) is 14.6 Å². The summed E-state index contributed by atoms with van der Waals surface area (Å²) < 4.78 is 28.7. The number of benzene rings is 2. The molecule has 3 N–H and O–H groups in total. The minimum atomic E-state index is -0.433. The van der Waals surface area contributed by atoms with E-state index >= 15 is 0 Å². The van der Waals surface area contributed by atoms with Gasteiger partial charge in [-0.15, -0.1) is 0 Å². The molecule has 0 spiro atoms. The Balaban J connectivity index is 0.650. The molecule has 1 saturated carbocycles. The summed E-state index contributed by atoms with van der Waals surface area (Å²) in [7, 11) is 1.78. The van der Waals surface area contributed by atoms with Crippen molar-refractivity contribution < 1.29 is 33.3 Å². The van der Waals surface area contributed by atoms with Crippen molar-refractivity contribution >= 4 is 33.6 Å². The second-order valence-corrected chi connectivity index (χ2v) is 17.8. The molecule has 3 fully saturated rings. The molecule has 65 heavy (non-hydrogen) atoms. The normalized spacial score (nSPS) is 19.0. The number of hydrogen-bond donors (Lipinski definition) is 3. The van der Waals surface area contributed by atoms with Crippen LogP contribution in [0.3, 0.4) is 0 Å². The first-order valence-electron chi connectivity index (χ1n) is 23.8. The highest BCUT2D eigenvalue weighted by atomic mass is 16.6. The minimum Gasteiger partial charge on any atom is -0.491 e. The van der Waals surface area contributed by atoms with E-state index in [1.807, 2.05) is 49.6 Å². The monoisotopic (exact) mass is 890 g/mol. The van der Waals surface area contributed by atoms with Crippen LogP contribution in [0.2, 0.25) is 0 Å². The molecule has 5 aromatic rings. The molecule has 348 valence electrons. The number of carbonyl (C=O) groups excluding carboxylic acids is 2. The number of H-pyrrole nitrogens is 1. The van der Waals surface area contributed by atoms with Gasteiger partial charge in [0.25, 0.3) is 0 Å². The second kappa shape index (κ2) is 23.4. The van der Waals surface area contributed by atoms with E-state index in [1.165, 1.54) is 12.0 Å². The number of amides is 2. The molecule has 2 aliphatic heterocycles. The summed E-state index contributed by atoms with van der Waals surface area (Å²) in [6.45, 7) is 9.24. The fraction of sp³-hybridized carbons (Fsp3) is 0.529. The molecule has 5 heterocycles. The number of likely N-dealkylation sites (tertiary alicyclic amines) is 2. The summed E-state index contributed by atoms with van der Waals surface area (Å²) >= 11 is 0. The van der Waals surface area contributed by atoms with E-state index in [9.17, 15) is 9.59 Å². The molecule has 4 atom stereocenters. The van der Waals surface area contributed by atoms with Gasteiger partial charge in [0.15, 0.2) is 0 Å². The average molecular weight is 890 g/mol. The van der Waals surface area contributed by atoms with E-state index in [4.69, 9.17) is 23.7 Å². The van der Waals surface area contributed by atoms with Crippen molar-refractivity contribution in [3.63, 3.8) is 0 Å². The molecular formula is C51H67N7O7. The maximum absolute atomic E-state index is 14.2. The maximum Gasteiger partial charge on any atom is 0.245 e. The Morgan fingerprint density at radius 3 is 2.23 bits per heavy atom. The zero-order valence-electron chi connectivity index (χ0n) is 38.2. The number of piperidine rings is 1. The Kier molecular flexibility index (Phi) is 16.7. The number of rotatable bonds is 23. The highest BCUT2D eigenvalue weighted by Gasteiger charge is 2.44. The molecular weight excluding hydrogens is 823 g/mol. The van der Waals surface area contributed by atoms with E-state index in [0.29, 0.717) is 64.7 Å². The van der Waals surface area contributed by atoms with Crippen LogP contribution in [0.5, 0.6) is 11.6 Å². The van der Waals surface area contributed by atoms with E-state index in [1.54, 1.807) is 13.2 Å². The van der Waals surface area contributed by atoms with E-state index in [0.717, 1.165) is 110 Å². The zero-order chi connectivity index (χ0) is 44.8. The fourth-order valence-corrected chi connectivity index (χ4v) is 9.69. The number of carbonyl (C=O) groups is 2. The summed E-state index contributed by atoms with van der Waals surface area (Å²) in [6.07, 6.45) is 14.1. The number of pyridine rings is 2. The first kappa shape index (κ1) is 46.4. The zero-order valence-corrected chi connectivity index (χ0v) is 38.2. The Morgan fingerprint density at radius 2 is 1.49 bits per heavy atom. The standard InChI is InChI=1S/C51H67N7O7/c1-36(52-2)50(59)56-49(39-6-4-3-5-7-39)51(60)58-23-19-38-18-22-57(35-47(38)58)21-17-37-8-12-42(13-9-37)64-30-28-62-26-24-61-25-27-63-29-31-65-48-15-11-41(33-54-48)40-10-14-43-44-34-53-20-16-45(44)55-46(43)32-40/h8-16,20,32-34,36,38-39,47,49,52,55H,3-7,17-19,21-31,35H2,1-2H3,(H,56,59)/t36?,38-,47-,49?/m1/s1. The molecule has 0 bridgehead atoms. The SMILES string of the molecule is CNC(C)C(=O)NC(C(=O)N1CC[C@H]2CCN(CCc3ccc(OCCOCCOCCOCCOc4ccc(-c5ccc6c(c5)[nH]c5ccncc56)cn4)cc3)C[C@H]21)C1CCCCC1. The van der Waals surface area contributed by atoms with Gasteiger partial charge in [-0.1, -0.05) is 43.5 Å². The maximum atomic E-state index is 14.2. The van der Waals surface area contributed by atoms with Gasteiger partial charge in [-0.05, 0) is 106 Å². The van der Waals surface area contributed by atoms with Crippen LogP contribution in [0.4, 0.5) is 0 Å². The smallest absolute Gasteiger partial charge is 0.245 e. The largest absolute Gasteiger partial charge is 0.491 e. The van der Waals surface area contributed by atoms with Crippen LogP contribution in [-0.4, -0.2) is 141 Å². The van der Waals surface area contributed by atoms with Crippen LogP contribution in [0.15, 0.2) is 79.3 Å². The van der Waals surface area contributed by atoms with Crippen molar-refractivity contribution in [1.29, 1.82) is 0 Å². The molecule has 2 unspecified atom stereocenters. The van der Waals surface area contributed by atoms with Crippen LogP contribution in [0.25, 0.3) is 32.9 Å². The Hall–Kier alpha value is -5.12. The van der Waals surface area contributed by atoms with Crippen molar-refractivity contribution in [2.75, 3.05) is 86.1 Å². The third-order valence-electron chi connectivity index (χ3n) is 13.6. The molecule has 0 radical (unpaired) electrons. The first-order valence-corrected chi connectivity index (χ1v) is 23.8. The summed E-state index contributed by atoms with van der Waals surface area (Å²) in [6, 6.07) is 20.0. The molecule has 2 amide bonds. The highest BCUT2D eigenvalue weighted by Crippen LogP contribution is 2.35. The van der Waals surface area contributed by atoms with Crippen molar-refractivity contribution in [2.24, 2.45) is 11.8 Å². The molecule has 3 aliphatic rings. The molecule has 14 nitrogen and oxygen atoms in total. The number of fused-ring (bicyclic) bond motifs is 4. The summed E-state index contributed by atoms with van der Waals surface area (Å²) in [5.41, 5.74) is 5.50. The average Bonchev–Trinajstić information content (AvgIpc) is 3.95. The molecule has 2 aromatic carbocycles. The van der Waals surface area contributed by atoms with Gasteiger partial charge in [0, 0.05) is 77.7 Å². The lowest BCUT2D eigenvalue weighted by Gasteiger charge is -2.41. The van der Waals surface area contributed by atoms with Crippen LogP contribution in [0.1, 0.15) is 57.4 Å². The van der Waals surface area contributed by atoms with Crippen LogP contribution < -0.4 is 20.1 Å². The third kappa shape index (κ3) is 12.4. The predicted molar refractivity (Wildman–Crippen MR) is 252 cm³/mol. The van der Waals surface area contributed by atoms with Crippen molar-refractivity contribution in [1.82, 2.24) is 35.4 Å². The van der Waals surface area contributed by atoms with Crippen molar-refractivity contribution in [2.45, 2.75) is 76.4 Å². The van der Waals surface area contributed by atoms with Gasteiger partial charge in [0.2, 0.25) is 17.7 Å². The number of hydrogen-bond acceptors (Lipinski definition) is 11. The number of nitrogens with zero attached hydrogens (tertiary/aromatic N) is 4. The summed E-state index contributed by atoms with van der Waals surface area (Å²) in [5.74, 6) is 2.17. The van der Waals surface area contributed by atoms with Gasteiger partial charge in [0.1, 0.15) is 25.0 Å². The number of nitrogens with one attached hydrogen (secondary N) is 3. The van der Waals surface area contributed by atoms with Gasteiger partial charge >= 0.3 is 0 Å². The number of likely N-dealkylation sites (N-methyl/N-ethyl adjacent to an activating group) is 1. The van der Waals surface area contributed by atoms with E-state index in [-0.39, 0.29) is 29.8 Å². The van der Waals surface area contributed by atoms with Crippen LogP contribution in [0, 0.1) is 11.8 Å². The lowest BCUT2D eigenvalue weighted by molar-refractivity contribution is -0.140. The topological polar surface area (TPSA) is 152 Å². The van der Waals surface area contributed by atoms with Gasteiger partial charge in [0.05, 0.1) is 45.7 Å². The number of ether oxygens (including phenoxy) is 5. The van der Waals surface area contributed by atoms with E-state index < -0.39 is 6.04 Å². The van der Waals surface area contributed by atoms with Gasteiger partial charge < -0.3 is 49.1 Å². The molecule has 2 saturated heterocycles.